The number of thiocarbonyl (C=S) groups is 1. The second kappa shape index (κ2) is 6.29. The van der Waals surface area contributed by atoms with Crippen molar-refractivity contribution in [1.82, 2.24) is 4.57 Å². The average Bonchev–Trinajstić information content (AvgIpc) is 2.99. The maximum absolute atomic E-state index is 9.31. The standard InChI is InChI=1S/C19H18N2S/c1-2-6-14-7-3-4-9-16(14)19(22)18-11-10-17-15(13-20)8-5-12-21(17)18/h2-4,7,9-11,15H,1,5-6,8,12H2. The van der Waals surface area contributed by atoms with Crippen LogP contribution in [-0.4, -0.2) is 9.43 Å². The molecule has 0 amide bonds. The summed E-state index contributed by atoms with van der Waals surface area (Å²) >= 11 is 5.76. The fourth-order valence-corrected chi connectivity index (χ4v) is 3.56. The van der Waals surface area contributed by atoms with Crippen LogP contribution < -0.4 is 0 Å². The lowest BCUT2D eigenvalue weighted by Gasteiger charge is -2.22. The van der Waals surface area contributed by atoms with Gasteiger partial charge in [0.25, 0.3) is 0 Å². The molecule has 1 unspecified atom stereocenters. The topological polar surface area (TPSA) is 28.7 Å². The Kier molecular flexibility index (Phi) is 4.22. The van der Waals surface area contributed by atoms with Gasteiger partial charge in [-0.2, -0.15) is 5.26 Å². The van der Waals surface area contributed by atoms with Gasteiger partial charge in [-0.1, -0.05) is 42.6 Å². The zero-order chi connectivity index (χ0) is 15.5. The monoisotopic (exact) mass is 306 g/mol. The number of hydrogen-bond donors (Lipinski definition) is 0. The molecule has 1 aliphatic rings. The molecule has 0 aliphatic carbocycles. The summed E-state index contributed by atoms with van der Waals surface area (Å²) in [5.74, 6) is -0.00582. The summed E-state index contributed by atoms with van der Waals surface area (Å²) in [6.45, 7) is 4.77. The van der Waals surface area contributed by atoms with Gasteiger partial charge in [-0.25, -0.2) is 0 Å². The first-order valence-electron chi connectivity index (χ1n) is 7.58. The van der Waals surface area contributed by atoms with Gasteiger partial charge in [0.05, 0.1) is 22.5 Å². The first kappa shape index (κ1) is 14.7. The number of nitrogens with zero attached hydrogens (tertiary/aromatic N) is 2. The van der Waals surface area contributed by atoms with Crippen LogP contribution in [0.2, 0.25) is 0 Å². The minimum atomic E-state index is -0.00582. The quantitative estimate of drug-likeness (QED) is 0.476. The fraction of sp³-hybridized carbons (Fsp3) is 0.263. The Morgan fingerprint density at radius 1 is 1.36 bits per heavy atom. The van der Waals surface area contributed by atoms with Crippen molar-refractivity contribution in [2.45, 2.75) is 31.7 Å². The maximum Gasteiger partial charge on any atom is 0.0865 e. The molecule has 1 aliphatic heterocycles. The molecule has 0 bridgehead atoms. The predicted octanol–water partition coefficient (Wildman–Crippen LogP) is 4.38. The molecule has 22 heavy (non-hydrogen) atoms. The number of benzene rings is 1. The summed E-state index contributed by atoms with van der Waals surface area (Å²) in [5.41, 5.74) is 4.46. The van der Waals surface area contributed by atoms with Crippen molar-refractivity contribution >= 4 is 17.1 Å². The molecule has 1 aromatic carbocycles. The first-order chi connectivity index (χ1) is 10.8. The van der Waals surface area contributed by atoms with E-state index in [9.17, 15) is 5.26 Å². The third kappa shape index (κ3) is 2.51. The Bertz CT molecular complexity index is 764. The molecule has 3 rings (SSSR count). The summed E-state index contributed by atoms with van der Waals surface area (Å²) in [6.07, 6.45) is 4.69. The molecule has 0 spiro atoms. The summed E-state index contributed by atoms with van der Waals surface area (Å²) < 4.78 is 2.23. The van der Waals surface area contributed by atoms with Crippen LogP contribution in [0, 0.1) is 11.3 Å². The van der Waals surface area contributed by atoms with Crippen molar-refractivity contribution in [2.24, 2.45) is 0 Å². The van der Waals surface area contributed by atoms with Crippen LogP contribution in [0.25, 0.3) is 0 Å². The van der Waals surface area contributed by atoms with Gasteiger partial charge in [0.1, 0.15) is 0 Å². The van der Waals surface area contributed by atoms with E-state index in [1.54, 1.807) is 0 Å². The summed E-state index contributed by atoms with van der Waals surface area (Å²) in [5, 5.41) is 9.31. The first-order valence-corrected chi connectivity index (χ1v) is 7.99. The van der Waals surface area contributed by atoms with Gasteiger partial charge in [-0.3, -0.25) is 0 Å². The Morgan fingerprint density at radius 3 is 2.95 bits per heavy atom. The molecule has 0 saturated heterocycles. The van der Waals surface area contributed by atoms with Crippen LogP contribution in [0.4, 0.5) is 0 Å². The highest BCUT2D eigenvalue weighted by Gasteiger charge is 2.24. The molecule has 2 nitrogen and oxygen atoms in total. The van der Waals surface area contributed by atoms with E-state index in [2.05, 4.69) is 41.5 Å². The molecule has 110 valence electrons. The number of fused-ring (bicyclic) bond motifs is 1. The van der Waals surface area contributed by atoms with Crippen LogP contribution in [0.15, 0.2) is 49.1 Å². The molecule has 1 atom stereocenters. The molecular weight excluding hydrogens is 288 g/mol. The van der Waals surface area contributed by atoms with Gasteiger partial charge in [-0.05, 0) is 42.5 Å². The second-order valence-corrected chi connectivity index (χ2v) is 6.01. The van der Waals surface area contributed by atoms with E-state index < -0.39 is 0 Å². The number of hydrogen-bond acceptors (Lipinski definition) is 2. The van der Waals surface area contributed by atoms with Gasteiger partial charge < -0.3 is 4.57 Å². The second-order valence-electron chi connectivity index (χ2n) is 5.60. The summed E-state index contributed by atoms with van der Waals surface area (Å²) in [4.78, 5) is 0.863. The SMILES string of the molecule is C=CCc1ccccc1C(=S)c1ccc2n1CCCC2C#N. The van der Waals surface area contributed by atoms with E-state index in [1.165, 1.54) is 5.56 Å². The molecular formula is C19H18N2S. The number of rotatable bonds is 4. The lowest BCUT2D eigenvalue weighted by atomic mass is 9.97. The van der Waals surface area contributed by atoms with Gasteiger partial charge in [0, 0.05) is 12.2 Å². The molecule has 1 aromatic heterocycles. The lowest BCUT2D eigenvalue weighted by Crippen LogP contribution is -2.18. The van der Waals surface area contributed by atoms with E-state index in [-0.39, 0.29) is 5.92 Å². The van der Waals surface area contributed by atoms with Gasteiger partial charge in [0.2, 0.25) is 0 Å². The number of aromatic nitrogens is 1. The van der Waals surface area contributed by atoms with E-state index in [0.29, 0.717) is 0 Å². The number of nitriles is 1. The number of allylic oxidation sites excluding steroid dienone is 1. The average molecular weight is 306 g/mol. The molecule has 3 heteroatoms. The van der Waals surface area contributed by atoms with E-state index in [1.807, 2.05) is 18.2 Å². The maximum atomic E-state index is 9.31. The van der Waals surface area contributed by atoms with Crippen molar-refractivity contribution in [1.29, 1.82) is 5.26 Å². The van der Waals surface area contributed by atoms with Gasteiger partial charge in [0.15, 0.2) is 0 Å². The molecule has 2 heterocycles. The minimum Gasteiger partial charge on any atom is -0.343 e. The van der Waals surface area contributed by atoms with Crippen molar-refractivity contribution < 1.29 is 0 Å². The van der Waals surface area contributed by atoms with E-state index in [0.717, 1.165) is 47.6 Å². The van der Waals surface area contributed by atoms with Crippen LogP contribution in [-0.2, 0) is 13.0 Å². The van der Waals surface area contributed by atoms with Crippen LogP contribution in [0.1, 0.15) is 41.3 Å². The minimum absolute atomic E-state index is 0.00582. The summed E-state index contributed by atoms with van der Waals surface area (Å²) in [6, 6.07) is 14.8. The third-order valence-electron chi connectivity index (χ3n) is 4.26. The largest absolute Gasteiger partial charge is 0.343 e. The Hall–Kier alpha value is -2.18. The van der Waals surface area contributed by atoms with Crippen molar-refractivity contribution in [3.63, 3.8) is 0 Å². The Labute approximate surface area is 136 Å². The highest BCUT2D eigenvalue weighted by atomic mass is 32.1. The normalized spacial score (nSPS) is 16.6. The molecule has 0 N–H and O–H groups in total. The molecule has 2 aromatic rings. The predicted molar refractivity (Wildman–Crippen MR) is 93.2 cm³/mol. The highest BCUT2D eigenvalue weighted by Crippen LogP contribution is 2.30. The highest BCUT2D eigenvalue weighted by molar-refractivity contribution is 7.81. The summed E-state index contributed by atoms with van der Waals surface area (Å²) in [7, 11) is 0. The third-order valence-corrected chi connectivity index (χ3v) is 4.69. The van der Waals surface area contributed by atoms with Crippen molar-refractivity contribution in [3.8, 4) is 6.07 Å². The molecule has 0 fully saturated rings. The van der Waals surface area contributed by atoms with Gasteiger partial charge >= 0.3 is 0 Å². The Morgan fingerprint density at radius 2 is 2.18 bits per heavy atom. The van der Waals surface area contributed by atoms with Crippen LogP contribution in [0.3, 0.4) is 0 Å². The Balaban J connectivity index is 2.03. The molecule has 0 radical (unpaired) electrons. The van der Waals surface area contributed by atoms with Crippen LogP contribution in [0.5, 0.6) is 0 Å². The van der Waals surface area contributed by atoms with E-state index >= 15 is 0 Å². The fourth-order valence-electron chi connectivity index (χ4n) is 3.18. The zero-order valence-electron chi connectivity index (χ0n) is 12.5. The molecule has 0 saturated carbocycles. The smallest absolute Gasteiger partial charge is 0.0865 e. The van der Waals surface area contributed by atoms with Crippen LogP contribution >= 0.6 is 12.2 Å². The lowest BCUT2D eigenvalue weighted by molar-refractivity contribution is 0.502. The van der Waals surface area contributed by atoms with E-state index in [4.69, 9.17) is 12.2 Å². The zero-order valence-corrected chi connectivity index (χ0v) is 13.3. The van der Waals surface area contributed by atoms with Crippen molar-refractivity contribution in [3.05, 3.63) is 71.6 Å². The van der Waals surface area contributed by atoms with Gasteiger partial charge in [-0.15, -0.1) is 6.58 Å². The van der Waals surface area contributed by atoms with Crippen molar-refractivity contribution in [2.75, 3.05) is 0 Å².